The number of anilines is 1. The van der Waals surface area contributed by atoms with Gasteiger partial charge >= 0.3 is 0 Å². The number of pyridine rings is 2. The number of carbonyl (C=O) groups is 1. The summed E-state index contributed by atoms with van der Waals surface area (Å²) in [5.41, 5.74) is 2.62. The van der Waals surface area contributed by atoms with E-state index in [0.717, 1.165) is 37.1 Å². The van der Waals surface area contributed by atoms with E-state index in [-0.39, 0.29) is 17.5 Å². The number of hydrogen-bond acceptors (Lipinski definition) is 5. The molecule has 4 rings (SSSR count). The fourth-order valence-electron chi connectivity index (χ4n) is 4.40. The molecular formula is C26H35N5O2. The standard InChI is InChI=1S/C26H35N5O2/c1-19(2)28-11-3-6-25(32)30-14-4-5-23(18-30)31(17-20-7-8-20)24-15-22(16-29-26(24)33)21-9-12-27-13-10-21/h3,6,9-10,12-13,15-16,19-20,23,28H,4-5,7-8,11,14,17-18H2,1-2H3,(H,29,33)/b6-3+/t23-/m0/s1. The molecule has 1 saturated carbocycles. The fraction of sp³-hybridized carbons (Fsp3) is 0.500. The molecule has 2 aliphatic rings. The largest absolute Gasteiger partial charge is 0.362 e. The molecule has 2 aromatic heterocycles. The Balaban J connectivity index is 1.53. The number of amides is 1. The van der Waals surface area contributed by atoms with E-state index in [2.05, 4.69) is 34.0 Å². The molecule has 1 saturated heterocycles. The lowest BCUT2D eigenvalue weighted by Crippen LogP contribution is -2.51. The fourth-order valence-corrected chi connectivity index (χ4v) is 4.40. The molecule has 3 heterocycles. The molecular weight excluding hydrogens is 414 g/mol. The summed E-state index contributed by atoms with van der Waals surface area (Å²) in [5, 5.41) is 3.30. The summed E-state index contributed by atoms with van der Waals surface area (Å²) in [7, 11) is 0. The Hall–Kier alpha value is -2.93. The van der Waals surface area contributed by atoms with Gasteiger partial charge in [0.2, 0.25) is 5.91 Å². The first-order chi connectivity index (χ1) is 16.0. The van der Waals surface area contributed by atoms with Crippen LogP contribution in [-0.4, -0.2) is 59.0 Å². The predicted molar refractivity (Wildman–Crippen MR) is 132 cm³/mol. The van der Waals surface area contributed by atoms with Crippen molar-refractivity contribution in [3.05, 3.63) is 59.3 Å². The maximum atomic E-state index is 12.9. The van der Waals surface area contributed by atoms with Crippen molar-refractivity contribution in [2.24, 2.45) is 5.92 Å². The molecule has 0 radical (unpaired) electrons. The summed E-state index contributed by atoms with van der Waals surface area (Å²) in [5.74, 6) is 0.679. The number of H-pyrrole nitrogens is 1. The van der Waals surface area contributed by atoms with Crippen molar-refractivity contribution in [2.45, 2.75) is 51.6 Å². The van der Waals surface area contributed by atoms with Gasteiger partial charge in [-0.05, 0) is 55.4 Å². The number of nitrogens with one attached hydrogen (secondary N) is 2. The van der Waals surface area contributed by atoms with Crippen molar-refractivity contribution in [3.63, 3.8) is 0 Å². The lowest BCUT2D eigenvalue weighted by Gasteiger charge is -2.40. The maximum Gasteiger partial charge on any atom is 0.271 e. The lowest BCUT2D eigenvalue weighted by molar-refractivity contribution is -0.127. The zero-order chi connectivity index (χ0) is 23.2. The van der Waals surface area contributed by atoms with E-state index in [1.54, 1.807) is 24.7 Å². The molecule has 0 unspecified atom stereocenters. The zero-order valence-electron chi connectivity index (χ0n) is 19.7. The summed E-state index contributed by atoms with van der Waals surface area (Å²) in [6, 6.07) is 6.42. The van der Waals surface area contributed by atoms with Crippen LogP contribution < -0.4 is 15.8 Å². The molecule has 2 N–H and O–H groups in total. The predicted octanol–water partition coefficient (Wildman–Crippen LogP) is 3.20. The van der Waals surface area contributed by atoms with E-state index >= 15 is 0 Å². The van der Waals surface area contributed by atoms with Crippen LogP contribution in [-0.2, 0) is 4.79 Å². The Bertz CT molecular complexity index is 1010. The minimum atomic E-state index is -0.0726. The Morgan fingerprint density at radius 1 is 1.27 bits per heavy atom. The van der Waals surface area contributed by atoms with Crippen LogP contribution in [0, 0.1) is 5.92 Å². The number of aromatic nitrogens is 2. The van der Waals surface area contributed by atoms with Gasteiger partial charge in [0, 0.05) is 68.5 Å². The molecule has 0 aromatic carbocycles. The Labute approximate surface area is 195 Å². The number of aromatic amines is 1. The van der Waals surface area contributed by atoms with Gasteiger partial charge in [-0.3, -0.25) is 14.6 Å². The average molecular weight is 450 g/mol. The maximum absolute atomic E-state index is 12.9. The third-order valence-electron chi connectivity index (χ3n) is 6.41. The molecule has 2 fully saturated rings. The molecule has 1 amide bonds. The number of hydrogen-bond donors (Lipinski definition) is 2. The summed E-state index contributed by atoms with van der Waals surface area (Å²) in [6.07, 6.45) is 13.2. The van der Waals surface area contributed by atoms with E-state index in [1.807, 2.05) is 29.2 Å². The molecule has 1 aliphatic heterocycles. The van der Waals surface area contributed by atoms with E-state index in [4.69, 9.17) is 0 Å². The first kappa shape index (κ1) is 23.2. The van der Waals surface area contributed by atoms with Gasteiger partial charge in [-0.15, -0.1) is 0 Å². The van der Waals surface area contributed by atoms with Gasteiger partial charge in [-0.1, -0.05) is 19.9 Å². The number of carbonyl (C=O) groups excluding carboxylic acids is 1. The number of rotatable bonds is 9. The van der Waals surface area contributed by atoms with Crippen LogP contribution in [0.5, 0.6) is 0 Å². The molecule has 1 atom stereocenters. The Kier molecular flexibility index (Phi) is 7.60. The molecule has 7 heteroatoms. The van der Waals surface area contributed by atoms with Crippen LogP contribution in [0.25, 0.3) is 11.1 Å². The van der Waals surface area contributed by atoms with Crippen LogP contribution in [0.1, 0.15) is 39.5 Å². The third-order valence-corrected chi connectivity index (χ3v) is 6.41. The minimum Gasteiger partial charge on any atom is -0.362 e. The minimum absolute atomic E-state index is 0.0519. The van der Waals surface area contributed by atoms with Crippen molar-refractivity contribution >= 4 is 11.6 Å². The van der Waals surface area contributed by atoms with Gasteiger partial charge in [0.25, 0.3) is 5.56 Å². The molecule has 7 nitrogen and oxygen atoms in total. The number of likely N-dealkylation sites (tertiary alicyclic amines) is 1. The highest BCUT2D eigenvalue weighted by Gasteiger charge is 2.33. The van der Waals surface area contributed by atoms with Crippen LogP contribution in [0.15, 0.2) is 53.7 Å². The van der Waals surface area contributed by atoms with Gasteiger partial charge in [0.15, 0.2) is 0 Å². The van der Waals surface area contributed by atoms with Gasteiger partial charge < -0.3 is 20.1 Å². The SMILES string of the molecule is CC(C)NC/C=C/C(=O)N1CCC[C@H](N(CC2CC2)c2cc(-c3ccncc3)c[nH]c2=O)C1. The molecule has 33 heavy (non-hydrogen) atoms. The van der Waals surface area contributed by atoms with Gasteiger partial charge in [-0.2, -0.15) is 0 Å². The van der Waals surface area contributed by atoms with Gasteiger partial charge in [-0.25, -0.2) is 0 Å². The highest BCUT2D eigenvalue weighted by Crippen LogP contribution is 2.33. The summed E-state index contributed by atoms with van der Waals surface area (Å²) >= 11 is 0. The topological polar surface area (TPSA) is 81.3 Å². The van der Waals surface area contributed by atoms with Crippen LogP contribution >= 0.6 is 0 Å². The van der Waals surface area contributed by atoms with Crippen LogP contribution in [0.2, 0.25) is 0 Å². The van der Waals surface area contributed by atoms with E-state index in [9.17, 15) is 9.59 Å². The zero-order valence-corrected chi connectivity index (χ0v) is 19.7. The second-order valence-corrected chi connectivity index (χ2v) is 9.48. The Morgan fingerprint density at radius 2 is 2.06 bits per heavy atom. The average Bonchev–Trinajstić information content (AvgIpc) is 3.65. The van der Waals surface area contributed by atoms with Crippen LogP contribution in [0.4, 0.5) is 5.69 Å². The first-order valence-corrected chi connectivity index (χ1v) is 12.1. The van der Waals surface area contributed by atoms with Crippen molar-refractivity contribution in [3.8, 4) is 11.1 Å². The first-order valence-electron chi connectivity index (χ1n) is 12.1. The second-order valence-electron chi connectivity index (χ2n) is 9.48. The monoisotopic (exact) mass is 449 g/mol. The highest BCUT2D eigenvalue weighted by atomic mass is 16.2. The van der Waals surface area contributed by atoms with Crippen molar-refractivity contribution in [1.29, 1.82) is 0 Å². The lowest BCUT2D eigenvalue weighted by atomic mass is 10.0. The highest BCUT2D eigenvalue weighted by molar-refractivity contribution is 5.87. The number of piperidine rings is 1. The molecule has 2 aromatic rings. The van der Waals surface area contributed by atoms with Gasteiger partial charge in [0.1, 0.15) is 5.69 Å². The quantitative estimate of drug-likeness (QED) is 0.575. The second kappa shape index (κ2) is 10.8. The van der Waals surface area contributed by atoms with E-state index in [0.29, 0.717) is 30.7 Å². The number of nitrogens with zero attached hydrogens (tertiary/aromatic N) is 3. The smallest absolute Gasteiger partial charge is 0.271 e. The van der Waals surface area contributed by atoms with E-state index < -0.39 is 0 Å². The van der Waals surface area contributed by atoms with Gasteiger partial charge in [0.05, 0.1) is 0 Å². The Morgan fingerprint density at radius 3 is 2.79 bits per heavy atom. The molecule has 0 bridgehead atoms. The van der Waals surface area contributed by atoms with Crippen molar-refractivity contribution < 1.29 is 4.79 Å². The summed E-state index contributed by atoms with van der Waals surface area (Å²) in [6.45, 7) is 7.14. The summed E-state index contributed by atoms with van der Waals surface area (Å²) in [4.78, 5) is 37.0. The molecule has 176 valence electrons. The van der Waals surface area contributed by atoms with Crippen molar-refractivity contribution in [2.75, 3.05) is 31.1 Å². The van der Waals surface area contributed by atoms with E-state index in [1.165, 1.54) is 12.8 Å². The third kappa shape index (κ3) is 6.32. The molecule has 1 aliphatic carbocycles. The summed E-state index contributed by atoms with van der Waals surface area (Å²) < 4.78 is 0. The van der Waals surface area contributed by atoms with Crippen molar-refractivity contribution in [1.82, 2.24) is 20.2 Å². The van der Waals surface area contributed by atoms with Crippen LogP contribution in [0.3, 0.4) is 0 Å². The molecule has 0 spiro atoms. The normalized spacial score (nSPS) is 18.8.